The summed E-state index contributed by atoms with van der Waals surface area (Å²) in [5.41, 5.74) is 1.83. The van der Waals surface area contributed by atoms with E-state index in [1.807, 2.05) is 31.2 Å². The van der Waals surface area contributed by atoms with Gasteiger partial charge in [-0.1, -0.05) is 48.0 Å². The molecule has 0 aliphatic carbocycles. The maximum atomic E-state index is 12.8. The maximum Gasteiger partial charge on any atom is 0.332 e. The topological polar surface area (TPSA) is 72.8 Å². The van der Waals surface area contributed by atoms with Crippen molar-refractivity contribution >= 4 is 10.1 Å². The minimum Gasteiger partial charge on any atom is -0.508 e. The molecule has 0 spiro atoms. The Kier molecular flexibility index (Phi) is 4.88. The van der Waals surface area contributed by atoms with Gasteiger partial charge in [0.15, 0.2) is 5.60 Å². The van der Waals surface area contributed by atoms with Gasteiger partial charge in [-0.3, -0.25) is 0 Å². The molecule has 142 valence electrons. The Morgan fingerprint density at radius 3 is 2.41 bits per heavy atom. The molecule has 1 unspecified atom stereocenters. The van der Waals surface area contributed by atoms with Crippen molar-refractivity contribution in [1.29, 1.82) is 0 Å². The van der Waals surface area contributed by atoms with Crippen molar-refractivity contribution in [3.8, 4) is 5.75 Å². The first kappa shape index (κ1) is 19.2. The van der Waals surface area contributed by atoms with Crippen molar-refractivity contribution in [1.82, 2.24) is 0 Å². The molecule has 0 aromatic heterocycles. The predicted molar refractivity (Wildman–Crippen MR) is 104 cm³/mol. The van der Waals surface area contributed by atoms with Crippen molar-refractivity contribution in [3.05, 3.63) is 87.5 Å². The molecule has 2 aromatic rings. The van der Waals surface area contributed by atoms with Gasteiger partial charge in [-0.15, -0.1) is 0 Å². The Balaban J connectivity index is 2.45. The lowest BCUT2D eigenvalue weighted by Gasteiger charge is -2.30. The Morgan fingerprint density at radius 2 is 1.81 bits per heavy atom. The van der Waals surface area contributed by atoms with E-state index < -0.39 is 15.7 Å². The highest BCUT2D eigenvalue weighted by Gasteiger charge is 2.53. The SMILES string of the molecule is C/C=C\C1=C(OC)S(=O)(=O)OC1(c1cccc(C)c1)c1ccc(O)c(C)c1. The molecule has 1 aliphatic heterocycles. The summed E-state index contributed by atoms with van der Waals surface area (Å²) < 4.78 is 36.6. The zero-order valence-corrected chi connectivity index (χ0v) is 16.5. The predicted octanol–water partition coefficient (Wildman–Crippen LogP) is 4.05. The van der Waals surface area contributed by atoms with Gasteiger partial charge in [0.1, 0.15) is 5.75 Å². The third-order valence-corrected chi connectivity index (χ3v) is 5.92. The zero-order chi connectivity index (χ0) is 19.8. The molecular weight excluding hydrogens is 364 g/mol. The number of rotatable bonds is 4. The van der Waals surface area contributed by atoms with Crippen LogP contribution in [0.4, 0.5) is 0 Å². The van der Waals surface area contributed by atoms with Crippen LogP contribution in [-0.2, 0) is 24.6 Å². The van der Waals surface area contributed by atoms with Crippen molar-refractivity contribution in [2.45, 2.75) is 26.4 Å². The fourth-order valence-electron chi connectivity index (χ4n) is 3.40. The molecule has 5 nitrogen and oxygen atoms in total. The molecule has 0 saturated carbocycles. The number of hydrogen-bond acceptors (Lipinski definition) is 5. The maximum absolute atomic E-state index is 12.8. The van der Waals surface area contributed by atoms with Crippen LogP contribution in [0.2, 0.25) is 0 Å². The summed E-state index contributed by atoms with van der Waals surface area (Å²) >= 11 is 0. The normalized spacial score (nSPS) is 21.8. The second-order valence-electron chi connectivity index (χ2n) is 6.49. The number of methoxy groups -OCH3 is 1. The van der Waals surface area contributed by atoms with Crippen LogP contribution >= 0.6 is 0 Å². The van der Waals surface area contributed by atoms with E-state index in [1.165, 1.54) is 13.2 Å². The second kappa shape index (κ2) is 6.87. The lowest BCUT2D eigenvalue weighted by Crippen LogP contribution is -2.30. The van der Waals surface area contributed by atoms with Crippen LogP contribution in [0.1, 0.15) is 29.2 Å². The molecule has 3 rings (SSSR count). The molecule has 0 radical (unpaired) electrons. The number of aromatic hydroxyl groups is 1. The highest BCUT2D eigenvalue weighted by molar-refractivity contribution is 7.90. The smallest absolute Gasteiger partial charge is 0.332 e. The summed E-state index contributed by atoms with van der Waals surface area (Å²) in [5.74, 6) is 0.127. The molecule has 1 atom stereocenters. The molecule has 0 amide bonds. The molecule has 0 bridgehead atoms. The molecule has 1 aliphatic rings. The zero-order valence-electron chi connectivity index (χ0n) is 15.7. The molecule has 27 heavy (non-hydrogen) atoms. The standard InChI is InChI=1S/C21H22O5S/c1-5-7-18-20(25-4)27(23,24)26-21(18,16-9-6-8-14(2)12-16)17-10-11-19(22)15(3)13-17/h5-13,22H,1-4H3/b7-5-. The third-order valence-electron chi connectivity index (χ3n) is 4.61. The summed E-state index contributed by atoms with van der Waals surface area (Å²) in [4.78, 5) is 0. The number of phenolic OH excluding ortho intramolecular Hbond substituents is 1. The van der Waals surface area contributed by atoms with Crippen molar-refractivity contribution in [2.24, 2.45) is 0 Å². The first-order chi connectivity index (χ1) is 12.8. The van der Waals surface area contributed by atoms with Crippen LogP contribution in [0.25, 0.3) is 0 Å². The van der Waals surface area contributed by atoms with Crippen LogP contribution in [0, 0.1) is 13.8 Å². The van der Waals surface area contributed by atoms with E-state index in [-0.39, 0.29) is 10.8 Å². The molecule has 0 fully saturated rings. The quantitative estimate of drug-likeness (QED) is 0.803. The lowest BCUT2D eigenvalue weighted by atomic mass is 9.79. The lowest BCUT2D eigenvalue weighted by molar-refractivity contribution is 0.177. The van der Waals surface area contributed by atoms with Crippen molar-refractivity contribution < 1.29 is 22.4 Å². The fraction of sp³-hybridized carbons (Fsp3) is 0.238. The minimum atomic E-state index is -4.10. The largest absolute Gasteiger partial charge is 0.508 e. The van der Waals surface area contributed by atoms with Gasteiger partial charge >= 0.3 is 10.1 Å². The van der Waals surface area contributed by atoms with E-state index in [9.17, 15) is 13.5 Å². The average molecular weight is 386 g/mol. The molecular formula is C21H22O5S. The highest BCUT2D eigenvalue weighted by atomic mass is 32.2. The van der Waals surface area contributed by atoms with Gasteiger partial charge in [0, 0.05) is 0 Å². The van der Waals surface area contributed by atoms with Crippen LogP contribution in [0.15, 0.2) is 65.3 Å². The van der Waals surface area contributed by atoms with Gasteiger partial charge in [-0.2, -0.15) is 8.42 Å². The first-order valence-electron chi connectivity index (χ1n) is 8.50. The van der Waals surface area contributed by atoms with Gasteiger partial charge in [0.05, 0.1) is 12.7 Å². The summed E-state index contributed by atoms with van der Waals surface area (Å²) in [5, 5.41) is 9.73. The summed E-state index contributed by atoms with van der Waals surface area (Å²) in [6.07, 6.45) is 3.43. The van der Waals surface area contributed by atoms with Crippen molar-refractivity contribution in [2.75, 3.05) is 7.11 Å². The van der Waals surface area contributed by atoms with Crippen LogP contribution in [0.3, 0.4) is 0 Å². The van der Waals surface area contributed by atoms with E-state index in [1.54, 1.807) is 38.1 Å². The molecule has 1 heterocycles. The van der Waals surface area contributed by atoms with E-state index >= 15 is 0 Å². The van der Waals surface area contributed by atoms with Gasteiger partial charge in [-0.05, 0) is 49.6 Å². The van der Waals surface area contributed by atoms with E-state index in [0.717, 1.165) is 5.56 Å². The minimum absolute atomic E-state index is 0.127. The summed E-state index contributed by atoms with van der Waals surface area (Å²) in [6.45, 7) is 5.48. The van der Waals surface area contributed by atoms with Crippen LogP contribution in [-0.4, -0.2) is 20.6 Å². The molecule has 1 N–H and O–H groups in total. The Hall–Kier alpha value is -2.57. The van der Waals surface area contributed by atoms with E-state index in [2.05, 4.69) is 0 Å². The Morgan fingerprint density at radius 1 is 1.11 bits per heavy atom. The Labute approximate surface area is 159 Å². The molecule has 2 aromatic carbocycles. The van der Waals surface area contributed by atoms with E-state index in [0.29, 0.717) is 22.3 Å². The monoisotopic (exact) mass is 386 g/mol. The number of allylic oxidation sites excluding steroid dienone is 1. The number of phenols is 1. The van der Waals surface area contributed by atoms with E-state index in [4.69, 9.17) is 8.92 Å². The number of ether oxygens (including phenoxy) is 1. The van der Waals surface area contributed by atoms with Crippen LogP contribution in [0.5, 0.6) is 5.75 Å². The second-order valence-corrected chi connectivity index (χ2v) is 7.94. The first-order valence-corrected chi connectivity index (χ1v) is 9.91. The number of aryl methyl sites for hydroxylation is 2. The van der Waals surface area contributed by atoms with Gasteiger partial charge in [0.2, 0.25) is 5.09 Å². The average Bonchev–Trinajstić information content (AvgIpc) is 2.85. The highest BCUT2D eigenvalue weighted by Crippen LogP contribution is 2.51. The molecule has 6 heteroatoms. The fourth-order valence-corrected chi connectivity index (χ4v) is 4.77. The van der Waals surface area contributed by atoms with Gasteiger partial charge in [0.25, 0.3) is 0 Å². The summed E-state index contributed by atoms with van der Waals surface area (Å²) in [7, 11) is -2.79. The number of hydrogen-bond donors (Lipinski definition) is 1. The van der Waals surface area contributed by atoms with Crippen LogP contribution < -0.4 is 0 Å². The van der Waals surface area contributed by atoms with Gasteiger partial charge in [-0.25, -0.2) is 4.18 Å². The van der Waals surface area contributed by atoms with Crippen molar-refractivity contribution in [3.63, 3.8) is 0 Å². The number of benzene rings is 2. The third kappa shape index (κ3) is 3.05. The summed E-state index contributed by atoms with van der Waals surface area (Å²) in [6, 6.07) is 12.4. The van der Waals surface area contributed by atoms with Gasteiger partial charge < -0.3 is 9.84 Å². The Bertz CT molecular complexity index is 1050. The molecule has 0 saturated heterocycles.